The van der Waals surface area contributed by atoms with Gasteiger partial charge in [0, 0.05) is 25.3 Å². The summed E-state index contributed by atoms with van der Waals surface area (Å²) in [5.41, 5.74) is 0.372. The van der Waals surface area contributed by atoms with Gasteiger partial charge in [-0.1, -0.05) is 24.3 Å². The Morgan fingerprint density at radius 2 is 1.71 bits per heavy atom. The average molecular weight is 345 g/mol. The Bertz CT molecular complexity index is 786. The Balaban J connectivity index is 1.59. The molecule has 1 aromatic carbocycles. The molecule has 0 spiro atoms. The van der Waals surface area contributed by atoms with Gasteiger partial charge >= 0.3 is 0 Å². The molecule has 1 aromatic heterocycles. The SMILES string of the molecule is O=C(NC1CCN(S(=O)(=O)c2ccccc2)CC1)c1ccccn1. The van der Waals surface area contributed by atoms with Gasteiger partial charge in [0.05, 0.1) is 4.90 Å². The zero-order chi connectivity index (χ0) is 17.0. The summed E-state index contributed by atoms with van der Waals surface area (Å²) in [6.07, 6.45) is 2.75. The molecule has 1 aliphatic heterocycles. The van der Waals surface area contributed by atoms with E-state index in [4.69, 9.17) is 0 Å². The summed E-state index contributed by atoms with van der Waals surface area (Å²) in [7, 11) is -3.46. The van der Waals surface area contributed by atoms with E-state index in [1.54, 1.807) is 54.7 Å². The third-order valence-electron chi connectivity index (χ3n) is 4.07. The molecular formula is C17H19N3O3S. The van der Waals surface area contributed by atoms with Crippen molar-refractivity contribution >= 4 is 15.9 Å². The minimum atomic E-state index is -3.46. The normalized spacial score (nSPS) is 16.7. The van der Waals surface area contributed by atoms with E-state index in [1.807, 2.05) is 0 Å². The average Bonchev–Trinajstić information content (AvgIpc) is 2.63. The Kier molecular flexibility index (Phi) is 4.92. The number of carbonyl (C=O) groups excluding carboxylic acids is 1. The Hall–Kier alpha value is -2.25. The third kappa shape index (κ3) is 3.63. The quantitative estimate of drug-likeness (QED) is 0.914. The standard InChI is InChI=1S/C17H19N3O3S/c21-17(16-8-4-5-11-18-16)19-14-9-12-20(13-10-14)24(22,23)15-6-2-1-3-7-15/h1-8,11,14H,9-10,12-13H2,(H,19,21). The van der Waals surface area contributed by atoms with Crippen molar-refractivity contribution in [2.75, 3.05) is 13.1 Å². The van der Waals surface area contributed by atoms with Crippen molar-refractivity contribution in [3.05, 3.63) is 60.4 Å². The molecule has 2 heterocycles. The molecule has 1 saturated heterocycles. The first-order chi connectivity index (χ1) is 11.6. The number of piperidine rings is 1. The molecule has 1 N–H and O–H groups in total. The lowest BCUT2D eigenvalue weighted by atomic mass is 10.1. The van der Waals surface area contributed by atoms with Crippen LogP contribution in [0.3, 0.4) is 0 Å². The van der Waals surface area contributed by atoms with E-state index in [2.05, 4.69) is 10.3 Å². The first kappa shape index (κ1) is 16.6. The molecule has 7 heteroatoms. The predicted octanol–water partition coefficient (Wildman–Crippen LogP) is 1.66. The summed E-state index contributed by atoms with van der Waals surface area (Å²) in [5.74, 6) is -0.222. The molecule has 126 valence electrons. The van der Waals surface area contributed by atoms with Crippen LogP contribution in [0.4, 0.5) is 0 Å². The molecule has 24 heavy (non-hydrogen) atoms. The largest absolute Gasteiger partial charge is 0.348 e. The number of nitrogens with one attached hydrogen (secondary N) is 1. The smallest absolute Gasteiger partial charge is 0.270 e. The lowest BCUT2D eigenvalue weighted by Gasteiger charge is -2.31. The van der Waals surface area contributed by atoms with E-state index in [-0.39, 0.29) is 11.9 Å². The molecule has 2 aromatic rings. The third-order valence-corrected chi connectivity index (χ3v) is 5.98. The lowest BCUT2D eigenvalue weighted by molar-refractivity contribution is 0.0919. The highest BCUT2D eigenvalue weighted by Gasteiger charge is 2.29. The molecule has 1 aliphatic rings. The van der Waals surface area contributed by atoms with Gasteiger partial charge in [0.25, 0.3) is 5.91 Å². The van der Waals surface area contributed by atoms with Gasteiger partial charge in [0.1, 0.15) is 5.69 Å². The minimum Gasteiger partial charge on any atom is -0.348 e. The number of pyridine rings is 1. The number of amides is 1. The topological polar surface area (TPSA) is 79.4 Å². The van der Waals surface area contributed by atoms with Crippen molar-refractivity contribution in [2.45, 2.75) is 23.8 Å². The summed E-state index contributed by atoms with van der Waals surface area (Å²) in [6, 6.07) is 13.6. The van der Waals surface area contributed by atoms with Crippen molar-refractivity contribution in [3.63, 3.8) is 0 Å². The van der Waals surface area contributed by atoms with Gasteiger partial charge in [-0.15, -0.1) is 0 Å². The molecule has 3 rings (SSSR count). The van der Waals surface area contributed by atoms with Crippen LogP contribution in [0.2, 0.25) is 0 Å². The van der Waals surface area contributed by atoms with Gasteiger partial charge in [0.15, 0.2) is 0 Å². The zero-order valence-corrected chi connectivity index (χ0v) is 13.9. The lowest BCUT2D eigenvalue weighted by Crippen LogP contribution is -2.46. The van der Waals surface area contributed by atoms with Crippen molar-refractivity contribution in [2.24, 2.45) is 0 Å². The zero-order valence-electron chi connectivity index (χ0n) is 13.1. The van der Waals surface area contributed by atoms with Gasteiger partial charge in [-0.25, -0.2) is 8.42 Å². The summed E-state index contributed by atoms with van der Waals surface area (Å²) < 4.78 is 26.6. The maximum Gasteiger partial charge on any atom is 0.270 e. The number of hydrogen-bond acceptors (Lipinski definition) is 4. The molecule has 1 amide bonds. The van der Waals surface area contributed by atoms with Crippen LogP contribution in [-0.2, 0) is 10.0 Å². The molecule has 0 unspecified atom stereocenters. The van der Waals surface area contributed by atoms with Crippen molar-refractivity contribution in [1.82, 2.24) is 14.6 Å². The molecule has 1 fully saturated rings. The molecule has 0 saturated carbocycles. The van der Waals surface area contributed by atoms with E-state index in [0.29, 0.717) is 36.5 Å². The number of benzene rings is 1. The number of aromatic nitrogens is 1. The highest BCUT2D eigenvalue weighted by molar-refractivity contribution is 7.89. The fourth-order valence-electron chi connectivity index (χ4n) is 2.74. The fourth-order valence-corrected chi connectivity index (χ4v) is 4.23. The molecule has 0 aliphatic carbocycles. The van der Waals surface area contributed by atoms with Crippen LogP contribution < -0.4 is 5.32 Å². The van der Waals surface area contributed by atoms with E-state index < -0.39 is 10.0 Å². The first-order valence-electron chi connectivity index (χ1n) is 7.84. The molecule has 0 bridgehead atoms. The number of sulfonamides is 1. The summed E-state index contributed by atoms with van der Waals surface area (Å²) in [6.45, 7) is 0.786. The van der Waals surface area contributed by atoms with Crippen LogP contribution in [0.15, 0.2) is 59.6 Å². The maximum absolute atomic E-state index is 12.6. The van der Waals surface area contributed by atoms with Gasteiger partial charge in [-0.05, 0) is 37.1 Å². The predicted molar refractivity (Wildman–Crippen MR) is 89.9 cm³/mol. The molecular weight excluding hydrogens is 326 g/mol. The van der Waals surface area contributed by atoms with E-state index in [1.165, 1.54) is 4.31 Å². The van der Waals surface area contributed by atoms with Crippen LogP contribution in [-0.4, -0.2) is 42.7 Å². The van der Waals surface area contributed by atoms with Gasteiger partial charge in [-0.2, -0.15) is 4.31 Å². The highest BCUT2D eigenvalue weighted by Crippen LogP contribution is 2.20. The van der Waals surface area contributed by atoms with Gasteiger partial charge < -0.3 is 5.32 Å². The Labute approximate surface area is 141 Å². The van der Waals surface area contributed by atoms with Gasteiger partial charge in [-0.3, -0.25) is 9.78 Å². The second-order valence-corrected chi connectivity index (χ2v) is 7.62. The monoisotopic (exact) mass is 345 g/mol. The second-order valence-electron chi connectivity index (χ2n) is 5.68. The van der Waals surface area contributed by atoms with Crippen LogP contribution in [0.25, 0.3) is 0 Å². The number of carbonyl (C=O) groups is 1. The summed E-state index contributed by atoms with van der Waals surface area (Å²) >= 11 is 0. The van der Waals surface area contributed by atoms with E-state index in [9.17, 15) is 13.2 Å². The number of hydrogen-bond donors (Lipinski definition) is 1. The number of rotatable bonds is 4. The van der Waals surface area contributed by atoms with Crippen LogP contribution in [0.1, 0.15) is 23.3 Å². The highest BCUT2D eigenvalue weighted by atomic mass is 32.2. The molecule has 0 atom stereocenters. The summed E-state index contributed by atoms with van der Waals surface area (Å²) in [4.78, 5) is 16.4. The Morgan fingerprint density at radius 1 is 1.04 bits per heavy atom. The van der Waals surface area contributed by atoms with Crippen molar-refractivity contribution in [1.29, 1.82) is 0 Å². The first-order valence-corrected chi connectivity index (χ1v) is 9.28. The minimum absolute atomic E-state index is 0.0401. The summed E-state index contributed by atoms with van der Waals surface area (Å²) in [5, 5.41) is 2.92. The van der Waals surface area contributed by atoms with Crippen LogP contribution in [0, 0.1) is 0 Å². The Morgan fingerprint density at radius 3 is 2.33 bits per heavy atom. The number of nitrogens with zero attached hydrogens (tertiary/aromatic N) is 2. The van der Waals surface area contributed by atoms with Crippen molar-refractivity contribution in [3.8, 4) is 0 Å². The van der Waals surface area contributed by atoms with Crippen LogP contribution >= 0.6 is 0 Å². The van der Waals surface area contributed by atoms with Crippen molar-refractivity contribution < 1.29 is 13.2 Å². The fraction of sp³-hybridized carbons (Fsp3) is 0.294. The van der Waals surface area contributed by atoms with Crippen LogP contribution in [0.5, 0.6) is 0 Å². The maximum atomic E-state index is 12.6. The van der Waals surface area contributed by atoms with E-state index >= 15 is 0 Å². The van der Waals surface area contributed by atoms with Gasteiger partial charge in [0.2, 0.25) is 10.0 Å². The van der Waals surface area contributed by atoms with E-state index in [0.717, 1.165) is 0 Å². The molecule has 6 nitrogen and oxygen atoms in total. The molecule has 0 radical (unpaired) electrons. The second kappa shape index (κ2) is 7.11.